The molecule has 0 bridgehead atoms. The van der Waals surface area contributed by atoms with E-state index >= 15 is 0 Å². The van der Waals surface area contributed by atoms with E-state index in [1.165, 1.54) is 0 Å². The number of ether oxygens (including phenoxy) is 2. The van der Waals surface area contributed by atoms with Gasteiger partial charge in [0.15, 0.2) is 11.5 Å². The minimum atomic E-state index is 0.716. The van der Waals surface area contributed by atoms with Crippen LogP contribution in [0.1, 0.15) is 6.42 Å². The van der Waals surface area contributed by atoms with E-state index in [-0.39, 0.29) is 0 Å². The van der Waals surface area contributed by atoms with Crippen LogP contribution in [0.5, 0.6) is 11.5 Å². The van der Waals surface area contributed by atoms with Crippen molar-refractivity contribution >= 4 is 11.3 Å². The Labute approximate surface area is 97.7 Å². The first-order valence-corrected chi connectivity index (χ1v) is 6.16. The van der Waals surface area contributed by atoms with E-state index in [0.717, 1.165) is 35.8 Å². The average molecular weight is 233 g/mol. The van der Waals surface area contributed by atoms with Crippen molar-refractivity contribution in [2.45, 2.75) is 6.42 Å². The van der Waals surface area contributed by atoms with E-state index in [1.807, 2.05) is 29.1 Å². The molecule has 0 amide bonds. The monoisotopic (exact) mass is 233 g/mol. The molecule has 0 aliphatic carbocycles. The smallest absolute Gasteiger partial charge is 0.161 e. The zero-order valence-corrected chi connectivity index (χ0v) is 9.50. The summed E-state index contributed by atoms with van der Waals surface area (Å²) in [5.41, 5.74) is 3.89. The number of nitrogens with zero attached hydrogens (tertiary/aromatic N) is 1. The summed E-state index contributed by atoms with van der Waals surface area (Å²) in [5.74, 6) is 1.65. The van der Waals surface area contributed by atoms with Crippen LogP contribution in [-0.4, -0.2) is 18.2 Å². The van der Waals surface area contributed by atoms with E-state index in [0.29, 0.717) is 6.61 Å². The molecular weight excluding hydrogens is 222 g/mol. The first-order chi connectivity index (χ1) is 7.93. The van der Waals surface area contributed by atoms with Gasteiger partial charge in [0, 0.05) is 17.4 Å². The van der Waals surface area contributed by atoms with Gasteiger partial charge in [-0.1, -0.05) is 0 Å². The van der Waals surface area contributed by atoms with Gasteiger partial charge in [-0.15, -0.1) is 11.3 Å². The molecule has 1 aliphatic heterocycles. The Balaban J connectivity index is 2.01. The van der Waals surface area contributed by atoms with Gasteiger partial charge in [0.1, 0.15) is 0 Å². The SMILES string of the molecule is c1nc(-c2ccc3c(c2)OCCCO3)cs1. The van der Waals surface area contributed by atoms with Crippen molar-refractivity contribution in [1.82, 2.24) is 4.98 Å². The molecule has 0 unspecified atom stereocenters. The van der Waals surface area contributed by atoms with Gasteiger partial charge in [0.25, 0.3) is 0 Å². The molecule has 0 atom stereocenters. The standard InChI is InChI=1S/C12H11NO2S/c1-4-14-11-3-2-9(6-12(11)15-5-1)10-7-16-8-13-10/h2-3,6-8H,1,4-5H2. The molecule has 2 aromatic rings. The maximum absolute atomic E-state index is 5.64. The van der Waals surface area contributed by atoms with Crippen molar-refractivity contribution < 1.29 is 9.47 Å². The van der Waals surface area contributed by atoms with Gasteiger partial charge in [-0.25, -0.2) is 4.98 Å². The zero-order valence-electron chi connectivity index (χ0n) is 8.68. The predicted molar refractivity (Wildman–Crippen MR) is 63.2 cm³/mol. The topological polar surface area (TPSA) is 31.4 Å². The number of thiazole rings is 1. The number of hydrogen-bond acceptors (Lipinski definition) is 4. The highest BCUT2D eigenvalue weighted by Crippen LogP contribution is 2.33. The molecule has 2 heterocycles. The van der Waals surface area contributed by atoms with E-state index in [1.54, 1.807) is 11.3 Å². The fourth-order valence-electron chi connectivity index (χ4n) is 1.68. The van der Waals surface area contributed by atoms with Crippen LogP contribution in [0.2, 0.25) is 0 Å². The molecular formula is C12H11NO2S. The normalized spacial score (nSPS) is 14.5. The van der Waals surface area contributed by atoms with Gasteiger partial charge < -0.3 is 9.47 Å². The molecule has 0 N–H and O–H groups in total. The van der Waals surface area contributed by atoms with Crippen molar-refractivity contribution in [2.75, 3.05) is 13.2 Å². The van der Waals surface area contributed by atoms with E-state index < -0.39 is 0 Å². The number of rotatable bonds is 1. The van der Waals surface area contributed by atoms with Crippen molar-refractivity contribution in [2.24, 2.45) is 0 Å². The Kier molecular flexibility index (Phi) is 2.50. The van der Waals surface area contributed by atoms with Crippen molar-refractivity contribution in [1.29, 1.82) is 0 Å². The minimum absolute atomic E-state index is 0.716. The summed E-state index contributed by atoms with van der Waals surface area (Å²) in [4.78, 5) is 4.28. The first-order valence-electron chi connectivity index (χ1n) is 5.22. The third kappa shape index (κ3) is 1.76. The lowest BCUT2D eigenvalue weighted by molar-refractivity contribution is 0.297. The van der Waals surface area contributed by atoms with Gasteiger partial charge in [-0.2, -0.15) is 0 Å². The van der Waals surface area contributed by atoms with Gasteiger partial charge >= 0.3 is 0 Å². The Morgan fingerprint density at radius 2 is 2.00 bits per heavy atom. The molecule has 1 aromatic carbocycles. The second-order valence-electron chi connectivity index (χ2n) is 3.59. The van der Waals surface area contributed by atoms with E-state index in [4.69, 9.17) is 9.47 Å². The lowest BCUT2D eigenvalue weighted by Crippen LogP contribution is -1.97. The number of hydrogen-bond donors (Lipinski definition) is 0. The summed E-state index contributed by atoms with van der Waals surface area (Å²) in [6, 6.07) is 5.97. The molecule has 16 heavy (non-hydrogen) atoms. The average Bonchev–Trinajstić information content (AvgIpc) is 2.74. The lowest BCUT2D eigenvalue weighted by atomic mass is 10.1. The van der Waals surface area contributed by atoms with E-state index in [2.05, 4.69) is 4.98 Å². The summed E-state index contributed by atoms with van der Waals surface area (Å²) in [7, 11) is 0. The van der Waals surface area contributed by atoms with Crippen LogP contribution >= 0.6 is 11.3 Å². The Hall–Kier alpha value is -1.55. The lowest BCUT2D eigenvalue weighted by Gasteiger charge is -2.07. The summed E-state index contributed by atoms with van der Waals surface area (Å²) < 4.78 is 11.2. The Morgan fingerprint density at radius 3 is 2.81 bits per heavy atom. The molecule has 0 radical (unpaired) electrons. The van der Waals surface area contributed by atoms with Gasteiger partial charge in [-0.05, 0) is 18.2 Å². The molecule has 3 rings (SSSR count). The number of benzene rings is 1. The second-order valence-corrected chi connectivity index (χ2v) is 4.30. The molecule has 1 aliphatic rings. The minimum Gasteiger partial charge on any atom is -0.490 e. The fraction of sp³-hybridized carbons (Fsp3) is 0.250. The largest absolute Gasteiger partial charge is 0.490 e. The summed E-state index contributed by atoms with van der Waals surface area (Å²) in [6.45, 7) is 1.44. The van der Waals surface area contributed by atoms with Crippen LogP contribution in [0.4, 0.5) is 0 Å². The summed E-state index contributed by atoms with van der Waals surface area (Å²) >= 11 is 1.59. The van der Waals surface area contributed by atoms with Crippen molar-refractivity contribution in [3.8, 4) is 22.8 Å². The quantitative estimate of drug-likeness (QED) is 0.758. The first kappa shape index (κ1) is 9.66. The summed E-state index contributed by atoms with van der Waals surface area (Å²) in [6.07, 6.45) is 0.931. The Bertz CT molecular complexity index is 482. The molecule has 0 fully saturated rings. The third-order valence-corrected chi connectivity index (χ3v) is 3.06. The van der Waals surface area contributed by atoms with Crippen LogP contribution in [0.3, 0.4) is 0 Å². The highest BCUT2D eigenvalue weighted by Gasteiger charge is 2.11. The van der Waals surface area contributed by atoms with Crippen LogP contribution in [0.15, 0.2) is 29.1 Å². The molecule has 0 saturated heterocycles. The molecule has 0 saturated carbocycles. The molecule has 1 aromatic heterocycles. The van der Waals surface area contributed by atoms with Crippen LogP contribution < -0.4 is 9.47 Å². The molecule has 82 valence electrons. The number of fused-ring (bicyclic) bond motifs is 1. The second kappa shape index (κ2) is 4.14. The van der Waals surface area contributed by atoms with Crippen LogP contribution in [0, 0.1) is 0 Å². The van der Waals surface area contributed by atoms with Crippen molar-refractivity contribution in [3.05, 3.63) is 29.1 Å². The van der Waals surface area contributed by atoms with Crippen LogP contribution in [-0.2, 0) is 0 Å². The highest BCUT2D eigenvalue weighted by atomic mass is 32.1. The molecule has 3 nitrogen and oxygen atoms in total. The van der Waals surface area contributed by atoms with Gasteiger partial charge in [0.2, 0.25) is 0 Å². The Morgan fingerprint density at radius 1 is 1.12 bits per heavy atom. The number of aromatic nitrogens is 1. The molecule has 0 spiro atoms. The van der Waals surface area contributed by atoms with Crippen LogP contribution in [0.25, 0.3) is 11.3 Å². The van der Waals surface area contributed by atoms with E-state index in [9.17, 15) is 0 Å². The maximum Gasteiger partial charge on any atom is 0.161 e. The predicted octanol–water partition coefficient (Wildman–Crippen LogP) is 2.97. The maximum atomic E-state index is 5.64. The zero-order chi connectivity index (χ0) is 10.8. The third-order valence-electron chi connectivity index (χ3n) is 2.48. The summed E-state index contributed by atoms with van der Waals surface area (Å²) in [5, 5.41) is 2.03. The van der Waals surface area contributed by atoms with Gasteiger partial charge in [0.05, 0.1) is 24.4 Å². The van der Waals surface area contributed by atoms with Gasteiger partial charge in [-0.3, -0.25) is 0 Å². The van der Waals surface area contributed by atoms with Crippen molar-refractivity contribution in [3.63, 3.8) is 0 Å². The molecule has 4 heteroatoms. The highest BCUT2D eigenvalue weighted by molar-refractivity contribution is 7.07. The fourth-order valence-corrected chi connectivity index (χ4v) is 2.24.